The van der Waals surface area contributed by atoms with Crippen molar-refractivity contribution in [3.8, 4) is 6.07 Å². The molecular formula is C9H19NO2Si. The summed E-state index contributed by atoms with van der Waals surface area (Å²) in [6.07, 6.45) is 4.29. The molecule has 0 aliphatic heterocycles. The maximum Gasteiger partial charge on any atom is 0.320 e. The molecule has 0 spiro atoms. The van der Waals surface area contributed by atoms with Gasteiger partial charge in [-0.15, -0.1) is 0 Å². The Kier molecular flexibility index (Phi) is 15.9. The minimum absolute atomic E-state index is 1.12. The maximum absolute atomic E-state index is 7.73. The van der Waals surface area contributed by atoms with E-state index in [-0.39, 0.29) is 0 Å². The van der Waals surface area contributed by atoms with Crippen LogP contribution in [0, 0.1) is 11.3 Å². The van der Waals surface area contributed by atoms with E-state index in [1.807, 2.05) is 13.0 Å². The van der Waals surface area contributed by atoms with Crippen LogP contribution in [0.4, 0.5) is 0 Å². The van der Waals surface area contributed by atoms with Crippen molar-refractivity contribution in [1.29, 1.82) is 5.26 Å². The van der Waals surface area contributed by atoms with Gasteiger partial charge in [0.2, 0.25) is 0 Å². The van der Waals surface area contributed by atoms with Crippen LogP contribution in [0.5, 0.6) is 0 Å². The van der Waals surface area contributed by atoms with Crippen molar-refractivity contribution in [2.75, 3.05) is 14.2 Å². The van der Waals surface area contributed by atoms with Gasteiger partial charge >= 0.3 is 9.28 Å². The molecule has 13 heavy (non-hydrogen) atoms. The second-order valence-electron chi connectivity index (χ2n) is 2.32. The Labute approximate surface area is 82.8 Å². The lowest BCUT2D eigenvalue weighted by Crippen LogP contribution is -2.17. The minimum Gasteiger partial charge on any atom is -0.400 e. The first-order valence-electron chi connectivity index (χ1n) is 4.33. The predicted molar refractivity (Wildman–Crippen MR) is 56.7 cm³/mol. The average molecular weight is 201 g/mol. The van der Waals surface area contributed by atoms with Crippen LogP contribution in [0.1, 0.15) is 20.3 Å². The van der Waals surface area contributed by atoms with Gasteiger partial charge in [-0.05, 0) is 13.0 Å². The van der Waals surface area contributed by atoms with Crippen molar-refractivity contribution in [3.05, 3.63) is 12.2 Å². The molecule has 4 heteroatoms. The third-order valence-electron chi connectivity index (χ3n) is 1.29. The van der Waals surface area contributed by atoms with E-state index >= 15 is 0 Å². The van der Waals surface area contributed by atoms with Crippen molar-refractivity contribution in [1.82, 2.24) is 0 Å². The van der Waals surface area contributed by atoms with Crippen molar-refractivity contribution in [2.45, 2.75) is 26.3 Å². The number of rotatable bonds is 4. The molecule has 0 unspecified atom stereocenters. The standard InChI is InChI=1S/C5H14O2Si.C4H5N/c1-4-5-8(6-2)7-3;1-2-3-4-5/h8H,4-5H2,1-3H3;2-3H,1H3. The highest BCUT2D eigenvalue weighted by Crippen LogP contribution is 1.96. The van der Waals surface area contributed by atoms with Gasteiger partial charge in [0.25, 0.3) is 0 Å². The molecule has 0 fully saturated rings. The quantitative estimate of drug-likeness (QED) is 0.516. The molecule has 0 aromatic rings. The number of hydrogen-bond acceptors (Lipinski definition) is 3. The molecule has 0 rings (SSSR count). The van der Waals surface area contributed by atoms with Gasteiger partial charge in [0.1, 0.15) is 0 Å². The molecule has 0 amide bonds. The van der Waals surface area contributed by atoms with Crippen LogP contribution in [0.25, 0.3) is 0 Å². The van der Waals surface area contributed by atoms with Gasteiger partial charge in [0.15, 0.2) is 0 Å². The van der Waals surface area contributed by atoms with E-state index < -0.39 is 9.28 Å². The third kappa shape index (κ3) is 14.2. The number of nitriles is 1. The molecule has 0 aromatic carbocycles. The molecule has 0 aromatic heterocycles. The highest BCUT2D eigenvalue weighted by atomic mass is 28.3. The number of allylic oxidation sites excluding steroid dienone is 2. The van der Waals surface area contributed by atoms with Crippen LogP contribution in [0.15, 0.2) is 12.2 Å². The van der Waals surface area contributed by atoms with Crippen molar-refractivity contribution in [2.24, 2.45) is 0 Å². The van der Waals surface area contributed by atoms with Crippen molar-refractivity contribution >= 4 is 9.28 Å². The van der Waals surface area contributed by atoms with Crippen molar-refractivity contribution < 1.29 is 8.85 Å². The molecule has 3 nitrogen and oxygen atoms in total. The van der Waals surface area contributed by atoms with Crippen molar-refractivity contribution in [3.63, 3.8) is 0 Å². The summed E-state index contributed by atoms with van der Waals surface area (Å²) in [6, 6.07) is 2.95. The molecule has 0 aliphatic carbocycles. The molecule has 0 N–H and O–H groups in total. The van der Waals surface area contributed by atoms with E-state index in [9.17, 15) is 0 Å². The van der Waals surface area contributed by atoms with Crippen LogP contribution in [-0.4, -0.2) is 23.5 Å². The molecule has 0 aliphatic rings. The van der Waals surface area contributed by atoms with Gasteiger partial charge in [-0.25, -0.2) is 0 Å². The Morgan fingerprint density at radius 1 is 1.38 bits per heavy atom. The van der Waals surface area contributed by atoms with Crippen LogP contribution in [0.2, 0.25) is 6.04 Å². The summed E-state index contributed by atoms with van der Waals surface area (Å²) < 4.78 is 10.1. The van der Waals surface area contributed by atoms with Crippen LogP contribution >= 0.6 is 0 Å². The zero-order valence-electron chi connectivity index (χ0n) is 8.91. The molecule has 0 bridgehead atoms. The van der Waals surface area contributed by atoms with E-state index in [1.165, 1.54) is 12.5 Å². The van der Waals surface area contributed by atoms with E-state index in [0.717, 1.165) is 6.04 Å². The van der Waals surface area contributed by atoms with Gasteiger partial charge in [-0.1, -0.05) is 19.4 Å². The van der Waals surface area contributed by atoms with Crippen LogP contribution in [0.3, 0.4) is 0 Å². The molecule has 0 saturated carbocycles. The Hall–Kier alpha value is -0.633. The highest BCUT2D eigenvalue weighted by molar-refractivity contribution is 6.44. The second kappa shape index (κ2) is 13.9. The fourth-order valence-electron chi connectivity index (χ4n) is 0.642. The van der Waals surface area contributed by atoms with E-state index in [0.29, 0.717) is 0 Å². The maximum atomic E-state index is 7.73. The lowest BCUT2D eigenvalue weighted by molar-refractivity contribution is 0.277. The third-order valence-corrected chi connectivity index (χ3v) is 3.39. The van der Waals surface area contributed by atoms with E-state index in [1.54, 1.807) is 20.3 Å². The lowest BCUT2D eigenvalue weighted by atomic mass is 10.6. The second-order valence-corrected chi connectivity index (χ2v) is 4.70. The SMILES string of the molecule is CC=CC#N.CCC[SiH](OC)OC. The number of nitrogens with zero attached hydrogens (tertiary/aromatic N) is 1. The lowest BCUT2D eigenvalue weighted by Gasteiger charge is -2.07. The van der Waals surface area contributed by atoms with Gasteiger partial charge in [-0.2, -0.15) is 5.26 Å². The zero-order valence-corrected chi connectivity index (χ0v) is 10.1. The van der Waals surface area contributed by atoms with E-state index in [2.05, 4.69) is 6.92 Å². The molecule has 76 valence electrons. The molecule has 0 saturated heterocycles. The number of hydrogen-bond donors (Lipinski definition) is 0. The monoisotopic (exact) mass is 201 g/mol. The minimum atomic E-state index is -1.19. The summed E-state index contributed by atoms with van der Waals surface area (Å²) in [4.78, 5) is 0. The van der Waals surface area contributed by atoms with Gasteiger partial charge in [0.05, 0.1) is 6.07 Å². The topological polar surface area (TPSA) is 42.2 Å². The van der Waals surface area contributed by atoms with Crippen LogP contribution < -0.4 is 0 Å². The summed E-state index contributed by atoms with van der Waals surface area (Å²) in [5.74, 6) is 0. The Morgan fingerprint density at radius 2 is 1.92 bits per heavy atom. The molecular weight excluding hydrogens is 182 g/mol. The Bertz CT molecular complexity index is 150. The largest absolute Gasteiger partial charge is 0.400 e. The fraction of sp³-hybridized carbons (Fsp3) is 0.667. The zero-order chi connectivity index (χ0) is 10.5. The van der Waals surface area contributed by atoms with Gasteiger partial charge in [-0.3, -0.25) is 0 Å². The normalized spacial score (nSPS) is 9.54. The summed E-state index contributed by atoms with van der Waals surface area (Å²) >= 11 is 0. The first-order valence-corrected chi connectivity index (χ1v) is 6.09. The van der Waals surface area contributed by atoms with E-state index in [4.69, 9.17) is 14.1 Å². The predicted octanol–water partition coefficient (Wildman–Crippen LogP) is 2.00. The van der Waals surface area contributed by atoms with Gasteiger partial charge in [0, 0.05) is 20.3 Å². The first kappa shape index (κ1) is 14.9. The summed E-state index contributed by atoms with van der Waals surface area (Å²) in [7, 11) is 2.24. The Balaban J connectivity index is 0. The summed E-state index contributed by atoms with van der Waals surface area (Å²) in [6.45, 7) is 3.95. The smallest absolute Gasteiger partial charge is 0.320 e. The summed E-state index contributed by atoms with van der Waals surface area (Å²) in [5, 5.41) is 7.73. The highest BCUT2D eigenvalue weighted by Gasteiger charge is 2.05. The fourth-order valence-corrected chi connectivity index (χ4v) is 1.78. The summed E-state index contributed by atoms with van der Waals surface area (Å²) in [5.41, 5.74) is 0. The van der Waals surface area contributed by atoms with Gasteiger partial charge < -0.3 is 8.85 Å². The molecule has 0 atom stereocenters. The Morgan fingerprint density at radius 3 is 2.00 bits per heavy atom. The molecule has 0 radical (unpaired) electrons. The first-order chi connectivity index (χ1) is 6.26. The van der Waals surface area contributed by atoms with Crippen LogP contribution in [-0.2, 0) is 8.85 Å². The average Bonchev–Trinajstić information content (AvgIpc) is 2.16. The molecule has 0 heterocycles.